The molecule has 1 saturated heterocycles. The molecule has 120 valence electrons. The molecule has 1 aromatic rings. The summed E-state index contributed by atoms with van der Waals surface area (Å²) in [4.78, 5) is 2.70. The second-order valence-corrected chi connectivity index (χ2v) is 6.40. The molecule has 0 bridgehead atoms. The molecule has 1 heterocycles. The fourth-order valence-electron chi connectivity index (χ4n) is 3.36. The van der Waals surface area contributed by atoms with Crippen molar-refractivity contribution in [1.82, 2.24) is 10.2 Å². The predicted molar refractivity (Wildman–Crippen MR) is 94.9 cm³/mol. The summed E-state index contributed by atoms with van der Waals surface area (Å²) in [5.41, 5.74) is 4.36. The highest BCUT2D eigenvalue weighted by molar-refractivity contribution is 5.85. The number of piperazine rings is 1. The van der Waals surface area contributed by atoms with E-state index in [9.17, 15) is 0 Å². The van der Waals surface area contributed by atoms with Crippen LogP contribution in [0.25, 0.3) is 0 Å². The Balaban J connectivity index is 0.00000110. The molecule has 0 aromatic heterocycles. The monoisotopic (exact) mass is 330 g/mol. The highest BCUT2D eigenvalue weighted by Gasteiger charge is 2.30. The molecule has 0 amide bonds. The minimum absolute atomic E-state index is 0. The summed E-state index contributed by atoms with van der Waals surface area (Å²) in [6, 6.07) is 7.74. The number of nitrogens with zero attached hydrogens (tertiary/aromatic N) is 1. The van der Waals surface area contributed by atoms with Crippen LogP contribution in [0.15, 0.2) is 18.2 Å². The average Bonchev–Trinajstić information content (AvgIpc) is 3.20. The van der Waals surface area contributed by atoms with Gasteiger partial charge in [0.1, 0.15) is 0 Å². The van der Waals surface area contributed by atoms with E-state index in [1.807, 2.05) is 0 Å². The molecule has 1 atom stereocenters. The Morgan fingerprint density at radius 3 is 2.14 bits per heavy atom. The maximum atomic E-state index is 3.47. The highest BCUT2D eigenvalue weighted by Crippen LogP contribution is 2.40. The van der Waals surface area contributed by atoms with Gasteiger partial charge in [-0.25, -0.2) is 0 Å². The van der Waals surface area contributed by atoms with Gasteiger partial charge in [0.05, 0.1) is 0 Å². The van der Waals surface area contributed by atoms with Crippen molar-refractivity contribution in [3.05, 3.63) is 34.9 Å². The summed E-state index contributed by atoms with van der Waals surface area (Å²) in [6.45, 7) is 9.14. The van der Waals surface area contributed by atoms with E-state index in [1.54, 1.807) is 5.56 Å². The lowest BCUT2D eigenvalue weighted by Crippen LogP contribution is -2.45. The van der Waals surface area contributed by atoms with E-state index in [2.05, 4.69) is 42.3 Å². The topological polar surface area (TPSA) is 15.3 Å². The van der Waals surface area contributed by atoms with Crippen LogP contribution in [0.4, 0.5) is 0 Å². The van der Waals surface area contributed by atoms with Crippen molar-refractivity contribution >= 4 is 24.8 Å². The first kappa shape index (κ1) is 18.8. The van der Waals surface area contributed by atoms with Crippen LogP contribution in [0.1, 0.15) is 42.0 Å². The molecule has 2 nitrogen and oxygen atoms in total. The Morgan fingerprint density at radius 2 is 1.62 bits per heavy atom. The molecular formula is C17H28Cl2N2. The van der Waals surface area contributed by atoms with Crippen molar-refractivity contribution < 1.29 is 0 Å². The Kier molecular flexibility index (Phi) is 7.49. The van der Waals surface area contributed by atoms with Gasteiger partial charge in [0.2, 0.25) is 0 Å². The van der Waals surface area contributed by atoms with E-state index < -0.39 is 0 Å². The van der Waals surface area contributed by atoms with E-state index in [-0.39, 0.29) is 24.8 Å². The zero-order chi connectivity index (χ0) is 13.2. The molecule has 2 fully saturated rings. The van der Waals surface area contributed by atoms with Gasteiger partial charge in [-0.1, -0.05) is 42.2 Å². The van der Waals surface area contributed by atoms with Crippen LogP contribution >= 0.6 is 24.8 Å². The molecule has 0 radical (unpaired) electrons. The standard InChI is InChI=1S/C17H26N2.2ClH/c1-13-9-14(2)11-16(10-13)17(12-15-3-4-15)19-7-5-18-6-8-19;;/h9-11,15,17-18H,3-8,12H2,1-2H3;2*1H/t17-;;/m0../s1. The summed E-state index contributed by atoms with van der Waals surface area (Å²) < 4.78 is 0. The van der Waals surface area contributed by atoms with Gasteiger partial charge in [-0.2, -0.15) is 0 Å². The fraction of sp³-hybridized carbons (Fsp3) is 0.647. The molecule has 1 saturated carbocycles. The first-order valence-corrected chi connectivity index (χ1v) is 7.75. The van der Waals surface area contributed by atoms with Gasteiger partial charge in [0.25, 0.3) is 0 Å². The maximum absolute atomic E-state index is 3.47. The summed E-state index contributed by atoms with van der Waals surface area (Å²) >= 11 is 0. The quantitative estimate of drug-likeness (QED) is 0.900. The van der Waals surface area contributed by atoms with Gasteiger partial charge in [0.15, 0.2) is 0 Å². The van der Waals surface area contributed by atoms with Gasteiger partial charge in [-0.15, -0.1) is 24.8 Å². The molecule has 1 aliphatic carbocycles. The number of benzene rings is 1. The van der Waals surface area contributed by atoms with E-state index in [0.717, 1.165) is 19.0 Å². The minimum Gasteiger partial charge on any atom is -0.314 e. The normalized spacial score (nSPS) is 20.3. The van der Waals surface area contributed by atoms with Gasteiger partial charge in [-0.05, 0) is 31.7 Å². The van der Waals surface area contributed by atoms with Crippen molar-refractivity contribution in [2.24, 2.45) is 5.92 Å². The summed E-state index contributed by atoms with van der Waals surface area (Å²) in [5.74, 6) is 0.987. The number of rotatable bonds is 4. The summed E-state index contributed by atoms with van der Waals surface area (Å²) in [5, 5.41) is 3.47. The second-order valence-electron chi connectivity index (χ2n) is 6.40. The third-order valence-corrected chi connectivity index (χ3v) is 4.47. The Labute approximate surface area is 141 Å². The predicted octanol–water partition coefficient (Wildman–Crippen LogP) is 3.89. The van der Waals surface area contributed by atoms with Crippen molar-refractivity contribution in [1.29, 1.82) is 0 Å². The van der Waals surface area contributed by atoms with Crippen molar-refractivity contribution in [2.75, 3.05) is 26.2 Å². The molecule has 1 aliphatic heterocycles. The molecule has 4 heteroatoms. The minimum atomic E-state index is 0. The molecule has 1 aromatic carbocycles. The Morgan fingerprint density at radius 1 is 1.05 bits per heavy atom. The van der Waals surface area contributed by atoms with Crippen LogP contribution in [0, 0.1) is 19.8 Å². The Bertz CT molecular complexity index is 420. The van der Waals surface area contributed by atoms with Gasteiger partial charge >= 0.3 is 0 Å². The first-order chi connectivity index (χ1) is 9.22. The van der Waals surface area contributed by atoms with E-state index in [4.69, 9.17) is 0 Å². The van der Waals surface area contributed by atoms with Crippen molar-refractivity contribution in [3.63, 3.8) is 0 Å². The summed E-state index contributed by atoms with van der Waals surface area (Å²) in [6.07, 6.45) is 4.27. The number of aryl methyl sites for hydroxylation is 2. The van der Waals surface area contributed by atoms with Crippen LogP contribution in [0.3, 0.4) is 0 Å². The third-order valence-electron chi connectivity index (χ3n) is 4.47. The van der Waals surface area contributed by atoms with Gasteiger partial charge in [0, 0.05) is 32.2 Å². The van der Waals surface area contributed by atoms with Gasteiger partial charge in [-0.3, -0.25) is 4.90 Å². The first-order valence-electron chi connectivity index (χ1n) is 7.75. The number of halogens is 2. The largest absolute Gasteiger partial charge is 0.314 e. The van der Waals surface area contributed by atoms with E-state index in [0.29, 0.717) is 6.04 Å². The SMILES string of the molecule is Cc1cc(C)cc([C@H](CC2CC2)N2CCNCC2)c1.Cl.Cl. The Hall–Kier alpha value is -0.280. The van der Waals surface area contributed by atoms with Crippen LogP contribution in [-0.2, 0) is 0 Å². The van der Waals surface area contributed by atoms with Gasteiger partial charge < -0.3 is 5.32 Å². The van der Waals surface area contributed by atoms with Crippen LogP contribution in [0.5, 0.6) is 0 Å². The molecular weight excluding hydrogens is 303 g/mol. The van der Waals surface area contributed by atoms with Crippen LogP contribution in [0.2, 0.25) is 0 Å². The third kappa shape index (κ3) is 5.14. The maximum Gasteiger partial charge on any atom is 0.0352 e. The lowest BCUT2D eigenvalue weighted by molar-refractivity contribution is 0.160. The van der Waals surface area contributed by atoms with E-state index >= 15 is 0 Å². The summed E-state index contributed by atoms with van der Waals surface area (Å²) in [7, 11) is 0. The molecule has 21 heavy (non-hydrogen) atoms. The molecule has 0 unspecified atom stereocenters. The fourth-order valence-corrected chi connectivity index (χ4v) is 3.36. The highest BCUT2D eigenvalue weighted by atomic mass is 35.5. The second kappa shape index (κ2) is 8.38. The van der Waals surface area contributed by atoms with Crippen molar-refractivity contribution in [2.45, 2.75) is 39.2 Å². The number of hydrogen-bond acceptors (Lipinski definition) is 2. The number of hydrogen-bond donors (Lipinski definition) is 1. The lowest BCUT2D eigenvalue weighted by atomic mass is 9.95. The zero-order valence-electron chi connectivity index (χ0n) is 13.1. The average molecular weight is 331 g/mol. The molecule has 2 aliphatic rings. The molecule has 3 rings (SSSR count). The zero-order valence-corrected chi connectivity index (χ0v) is 14.7. The van der Waals surface area contributed by atoms with Crippen molar-refractivity contribution in [3.8, 4) is 0 Å². The van der Waals surface area contributed by atoms with E-state index in [1.165, 1.54) is 43.5 Å². The lowest BCUT2D eigenvalue weighted by Gasteiger charge is -2.35. The number of nitrogens with one attached hydrogen (secondary N) is 1. The van der Waals surface area contributed by atoms with Crippen LogP contribution < -0.4 is 5.32 Å². The van der Waals surface area contributed by atoms with Crippen LogP contribution in [-0.4, -0.2) is 31.1 Å². The molecule has 0 spiro atoms. The molecule has 1 N–H and O–H groups in total. The smallest absolute Gasteiger partial charge is 0.0352 e.